The number of fused-ring (bicyclic) bond motifs is 1. The van der Waals surface area contributed by atoms with Gasteiger partial charge in [0.05, 0.1) is 0 Å². The van der Waals surface area contributed by atoms with Crippen molar-refractivity contribution < 1.29 is 19.7 Å². The van der Waals surface area contributed by atoms with Crippen LogP contribution in [0.1, 0.15) is 55.0 Å². The van der Waals surface area contributed by atoms with Gasteiger partial charge >= 0.3 is 5.97 Å². The first-order valence-corrected chi connectivity index (χ1v) is 10.7. The average molecular weight is 407 g/mol. The predicted octanol–water partition coefficient (Wildman–Crippen LogP) is 5.48. The molecule has 0 aromatic heterocycles. The van der Waals surface area contributed by atoms with Crippen molar-refractivity contribution in [2.75, 3.05) is 6.61 Å². The monoisotopic (exact) mass is 406 g/mol. The van der Waals surface area contributed by atoms with E-state index < -0.39 is 12.1 Å². The third-order valence-electron chi connectivity index (χ3n) is 5.28. The lowest BCUT2D eigenvalue weighted by Gasteiger charge is -2.22. The summed E-state index contributed by atoms with van der Waals surface area (Å²) in [6.07, 6.45) is 2.96. The van der Waals surface area contributed by atoms with E-state index >= 15 is 0 Å². The molecule has 158 valence electrons. The van der Waals surface area contributed by atoms with E-state index in [1.54, 1.807) is 0 Å². The molecule has 0 amide bonds. The molecule has 0 saturated heterocycles. The van der Waals surface area contributed by atoms with E-state index in [1.165, 1.54) is 0 Å². The number of hydrogen-bond acceptors (Lipinski definition) is 3. The number of benzene rings is 3. The van der Waals surface area contributed by atoms with Gasteiger partial charge < -0.3 is 14.9 Å². The Kier molecular flexibility index (Phi) is 7.47. The Bertz CT molecular complexity index is 982. The van der Waals surface area contributed by atoms with Gasteiger partial charge in [0, 0.05) is 12.2 Å². The van der Waals surface area contributed by atoms with Gasteiger partial charge in [0.25, 0.3) is 0 Å². The first-order valence-electron chi connectivity index (χ1n) is 10.7. The maximum Gasteiger partial charge on any atom is 0.349 e. The van der Waals surface area contributed by atoms with Gasteiger partial charge in [0.2, 0.25) is 6.10 Å². The Labute approximate surface area is 178 Å². The van der Waals surface area contributed by atoms with Crippen LogP contribution in [0, 0.1) is 0 Å². The van der Waals surface area contributed by atoms with Crippen LogP contribution >= 0.6 is 0 Å². The van der Waals surface area contributed by atoms with E-state index in [0.717, 1.165) is 53.1 Å². The van der Waals surface area contributed by atoms with E-state index in [2.05, 4.69) is 13.8 Å². The number of carbonyl (C=O) groups is 1. The van der Waals surface area contributed by atoms with Gasteiger partial charge in [-0.25, -0.2) is 4.79 Å². The Balaban J connectivity index is 2.05. The third kappa shape index (κ3) is 5.00. The SMILES string of the molecule is CCCc1cc(CCO)cc(CCC)c1OC(C(=O)O)c1ccc2ccccc2c1. The number of carboxylic acids is 1. The van der Waals surface area contributed by atoms with E-state index in [0.29, 0.717) is 17.7 Å². The molecule has 0 radical (unpaired) electrons. The Hall–Kier alpha value is -2.85. The second-order valence-electron chi connectivity index (χ2n) is 7.66. The van der Waals surface area contributed by atoms with Crippen molar-refractivity contribution in [1.29, 1.82) is 0 Å². The average Bonchev–Trinajstić information content (AvgIpc) is 2.73. The van der Waals surface area contributed by atoms with Crippen molar-refractivity contribution in [2.45, 2.75) is 52.1 Å². The number of rotatable bonds is 10. The van der Waals surface area contributed by atoms with Crippen molar-refractivity contribution in [1.82, 2.24) is 0 Å². The molecular weight excluding hydrogens is 376 g/mol. The van der Waals surface area contributed by atoms with Crippen LogP contribution in [0.5, 0.6) is 5.75 Å². The maximum absolute atomic E-state index is 12.2. The van der Waals surface area contributed by atoms with Crippen LogP contribution in [-0.4, -0.2) is 22.8 Å². The van der Waals surface area contributed by atoms with Crippen LogP contribution in [-0.2, 0) is 24.1 Å². The molecule has 3 aromatic carbocycles. The lowest BCUT2D eigenvalue weighted by atomic mass is 9.96. The van der Waals surface area contributed by atoms with E-state index in [9.17, 15) is 15.0 Å². The molecule has 30 heavy (non-hydrogen) atoms. The van der Waals surface area contributed by atoms with Gasteiger partial charge in [-0.15, -0.1) is 0 Å². The highest BCUT2D eigenvalue weighted by molar-refractivity contribution is 5.85. The number of aliphatic hydroxyl groups is 1. The zero-order valence-corrected chi connectivity index (χ0v) is 17.7. The van der Waals surface area contributed by atoms with Crippen LogP contribution in [0.25, 0.3) is 10.8 Å². The summed E-state index contributed by atoms with van der Waals surface area (Å²) in [4.78, 5) is 12.2. The lowest BCUT2D eigenvalue weighted by molar-refractivity contribution is -0.145. The first-order chi connectivity index (χ1) is 14.6. The number of ether oxygens (including phenoxy) is 1. The molecule has 1 atom stereocenters. The zero-order chi connectivity index (χ0) is 21.5. The number of carboxylic acid groups (broad SMARTS) is 1. The minimum atomic E-state index is -1.08. The molecule has 3 rings (SSSR count). The van der Waals surface area contributed by atoms with Crippen molar-refractivity contribution in [3.8, 4) is 5.75 Å². The van der Waals surface area contributed by atoms with Crippen LogP contribution in [0.15, 0.2) is 54.6 Å². The standard InChI is InChI=1S/C26H30O4/c1-3-7-21-15-18(13-14-27)16-22(8-4-2)24(21)30-25(26(28)29)23-12-11-19-9-5-6-10-20(19)17-23/h5-6,9-12,15-17,25,27H,3-4,7-8,13-14H2,1-2H3,(H,28,29). The fraction of sp³-hybridized carbons (Fsp3) is 0.346. The van der Waals surface area contributed by atoms with Crippen molar-refractivity contribution in [3.63, 3.8) is 0 Å². The molecule has 0 aliphatic heterocycles. The molecule has 3 aromatic rings. The van der Waals surface area contributed by atoms with Gasteiger partial charge in [0.1, 0.15) is 5.75 Å². The first kappa shape index (κ1) is 21.8. The van der Waals surface area contributed by atoms with Gasteiger partial charge in [0.15, 0.2) is 0 Å². The molecule has 0 spiro atoms. The van der Waals surface area contributed by atoms with E-state index in [1.807, 2.05) is 54.6 Å². The molecule has 1 unspecified atom stereocenters. The predicted molar refractivity (Wildman–Crippen MR) is 120 cm³/mol. The fourth-order valence-corrected chi connectivity index (χ4v) is 3.91. The molecule has 0 fully saturated rings. The smallest absolute Gasteiger partial charge is 0.349 e. The summed E-state index contributed by atoms with van der Waals surface area (Å²) in [6.45, 7) is 4.28. The minimum absolute atomic E-state index is 0.0895. The van der Waals surface area contributed by atoms with Gasteiger partial charge in [-0.2, -0.15) is 0 Å². The number of hydrogen-bond donors (Lipinski definition) is 2. The maximum atomic E-state index is 12.2. The Morgan fingerprint density at radius 3 is 2.10 bits per heavy atom. The lowest BCUT2D eigenvalue weighted by Crippen LogP contribution is -2.20. The van der Waals surface area contributed by atoms with Gasteiger partial charge in [-0.05, 0) is 52.8 Å². The molecule has 4 heteroatoms. The summed E-state index contributed by atoms with van der Waals surface area (Å²) in [5.74, 6) is -0.324. The summed E-state index contributed by atoms with van der Waals surface area (Å²) in [7, 11) is 0. The quantitative estimate of drug-likeness (QED) is 0.468. The largest absolute Gasteiger partial charge is 0.478 e. The zero-order valence-electron chi connectivity index (χ0n) is 17.7. The normalized spacial score (nSPS) is 12.1. The highest BCUT2D eigenvalue weighted by Crippen LogP contribution is 2.34. The molecule has 0 aliphatic carbocycles. The second kappa shape index (κ2) is 10.3. The van der Waals surface area contributed by atoms with Crippen molar-refractivity contribution in [2.24, 2.45) is 0 Å². The topological polar surface area (TPSA) is 66.8 Å². The summed E-state index contributed by atoms with van der Waals surface area (Å²) in [5.41, 5.74) is 3.72. The summed E-state index contributed by atoms with van der Waals surface area (Å²) in [5, 5.41) is 21.4. The number of aryl methyl sites for hydroxylation is 2. The van der Waals surface area contributed by atoms with Crippen LogP contribution in [0.2, 0.25) is 0 Å². The Morgan fingerprint density at radius 2 is 1.53 bits per heavy atom. The summed E-state index contributed by atoms with van der Waals surface area (Å²) < 4.78 is 6.25. The van der Waals surface area contributed by atoms with Crippen molar-refractivity contribution >= 4 is 16.7 Å². The molecule has 0 saturated carbocycles. The Morgan fingerprint density at radius 1 is 0.900 bits per heavy atom. The molecule has 0 heterocycles. The van der Waals surface area contributed by atoms with Crippen LogP contribution in [0.3, 0.4) is 0 Å². The molecule has 0 aliphatic rings. The molecular formula is C26H30O4. The molecule has 2 N–H and O–H groups in total. The highest BCUT2D eigenvalue weighted by atomic mass is 16.5. The highest BCUT2D eigenvalue weighted by Gasteiger charge is 2.25. The number of aliphatic hydroxyl groups excluding tert-OH is 1. The molecule has 4 nitrogen and oxygen atoms in total. The van der Waals surface area contributed by atoms with Gasteiger partial charge in [-0.3, -0.25) is 0 Å². The van der Waals surface area contributed by atoms with Gasteiger partial charge in [-0.1, -0.05) is 75.2 Å². The van der Waals surface area contributed by atoms with Crippen LogP contribution in [0.4, 0.5) is 0 Å². The van der Waals surface area contributed by atoms with Crippen LogP contribution < -0.4 is 4.74 Å². The third-order valence-corrected chi connectivity index (χ3v) is 5.28. The van der Waals surface area contributed by atoms with E-state index in [4.69, 9.17) is 4.74 Å². The second-order valence-corrected chi connectivity index (χ2v) is 7.66. The minimum Gasteiger partial charge on any atom is -0.478 e. The fourth-order valence-electron chi connectivity index (χ4n) is 3.91. The summed E-state index contributed by atoms with van der Waals surface area (Å²) >= 11 is 0. The number of aliphatic carboxylic acids is 1. The van der Waals surface area contributed by atoms with E-state index in [-0.39, 0.29) is 6.61 Å². The van der Waals surface area contributed by atoms with Crippen molar-refractivity contribution in [3.05, 3.63) is 76.9 Å². The summed E-state index contributed by atoms with van der Waals surface area (Å²) in [6, 6.07) is 17.7. The molecule has 0 bridgehead atoms.